The summed E-state index contributed by atoms with van der Waals surface area (Å²) in [5, 5.41) is 11.7. The molecule has 0 rings (SSSR count). The molecule has 17 heavy (non-hydrogen) atoms. The van der Waals surface area contributed by atoms with Gasteiger partial charge in [-0.2, -0.15) is 0 Å². The molecule has 0 aromatic carbocycles. The van der Waals surface area contributed by atoms with Crippen molar-refractivity contribution in [3.05, 3.63) is 0 Å². The second-order valence-electron chi connectivity index (χ2n) is 5.16. The van der Waals surface area contributed by atoms with Crippen LogP contribution in [-0.2, 0) is 0 Å². The van der Waals surface area contributed by atoms with Gasteiger partial charge in [0.1, 0.15) is 0 Å². The molecule has 0 aromatic heterocycles. The van der Waals surface area contributed by atoms with E-state index in [1.165, 1.54) is 64.2 Å². The third-order valence-electron chi connectivity index (χ3n) is 3.51. The maximum Gasteiger partial charge on any atom is 0.0931 e. The summed E-state index contributed by atoms with van der Waals surface area (Å²) >= 11 is 0. The standard InChI is InChI=1S/C15H33NO/c1-3-5-7-10-15(11-8-6-4-2)12-9-13-16-14-17/h15-17H,3-14H2,1-2H3. The minimum atomic E-state index is 0.121. The Morgan fingerprint density at radius 3 is 1.82 bits per heavy atom. The zero-order chi connectivity index (χ0) is 12.8. The molecule has 0 amide bonds. The summed E-state index contributed by atoms with van der Waals surface area (Å²) in [6.07, 6.45) is 13.6. The first-order valence-corrected chi connectivity index (χ1v) is 7.66. The fourth-order valence-electron chi connectivity index (χ4n) is 2.39. The van der Waals surface area contributed by atoms with Crippen LogP contribution in [0.3, 0.4) is 0 Å². The number of aliphatic hydroxyl groups excluding tert-OH is 1. The fraction of sp³-hybridized carbons (Fsp3) is 1.00. The zero-order valence-electron chi connectivity index (χ0n) is 12.0. The molecule has 0 aliphatic carbocycles. The lowest BCUT2D eigenvalue weighted by molar-refractivity contribution is 0.256. The largest absolute Gasteiger partial charge is 0.381 e. The van der Waals surface area contributed by atoms with Crippen molar-refractivity contribution in [1.29, 1.82) is 0 Å². The lowest BCUT2D eigenvalue weighted by atomic mass is 9.91. The molecule has 2 N–H and O–H groups in total. The molecule has 0 radical (unpaired) electrons. The van der Waals surface area contributed by atoms with Crippen LogP contribution >= 0.6 is 0 Å². The molecule has 2 nitrogen and oxygen atoms in total. The Kier molecular flexibility index (Phi) is 13.9. The van der Waals surface area contributed by atoms with Gasteiger partial charge in [0.25, 0.3) is 0 Å². The van der Waals surface area contributed by atoms with Crippen LogP contribution in [0.1, 0.15) is 78.1 Å². The van der Waals surface area contributed by atoms with E-state index in [1.54, 1.807) is 0 Å². The summed E-state index contributed by atoms with van der Waals surface area (Å²) in [5.74, 6) is 0.925. The first-order valence-electron chi connectivity index (χ1n) is 7.66. The smallest absolute Gasteiger partial charge is 0.0931 e. The number of hydrogen-bond acceptors (Lipinski definition) is 2. The van der Waals surface area contributed by atoms with Gasteiger partial charge in [-0.3, -0.25) is 5.32 Å². The van der Waals surface area contributed by atoms with Crippen LogP contribution in [0.2, 0.25) is 0 Å². The SMILES string of the molecule is CCCCCC(CCCCC)CCCNCO. The van der Waals surface area contributed by atoms with E-state index in [0.29, 0.717) is 0 Å². The first-order chi connectivity index (χ1) is 8.35. The number of rotatable bonds is 13. The van der Waals surface area contributed by atoms with Crippen molar-refractivity contribution < 1.29 is 5.11 Å². The van der Waals surface area contributed by atoms with E-state index in [1.807, 2.05) is 0 Å². The van der Waals surface area contributed by atoms with Crippen LogP contribution < -0.4 is 5.32 Å². The van der Waals surface area contributed by atoms with E-state index in [-0.39, 0.29) is 6.73 Å². The van der Waals surface area contributed by atoms with Gasteiger partial charge in [0, 0.05) is 0 Å². The van der Waals surface area contributed by atoms with E-state index in [0.717, 1.165) is 12.5 Å². The second kappa shape index (κ2) is 14.0. The summed E-state index contributed by atoms with van der Waals surface area (Å²) in [7, 11) is 0. The maximum absolute atomic E-state index is 8.67. The lowest BCUT2D eigenvalue weighted by Crippen LogP contribution is -2.17. The third-order valence-corrected chi connectivity index (χ3v) is 3.51. The third kappa shape index (κ3) is 12.2. The van der Waals surface area contributed by atoms with Crippen LogP contribution in [0, 0.1) is 5.92 Å². The Morgan fingerprint density at radius 1 is 0.824 bits per heavy atom. The number of hydrogen-bond donors (Lipinski definition) is 2. The van der Waals surface area contributed by atoms with Crippen LogP contribution in [-0.4, -0.2) is 18.4 Å². The molecule has 0 unspecified atom stereocenters. The molecule has 104 valence electrons. The molecule has 0 fully saturated rings. The summed E-state index contributed by atoms with van der Waals surface area (Å²) in [5.41, 5.74) is 0. The molecule has 0 aliphatic heterocycles. The maximum atomic E-state index is 8.67. The average molecular weight is 243 g/mol. The van der Waals surface area contributed by atoms with Crippen molar-refractivity contribution in [3.63, 3.8) is 0 Å². The van der Waals surface area contributed by atoms with Gasteiger partial charge in [-0.05, 0) is 25.3 Å². The molecule has 0 atom stereocenters. The highest BCUT2D eigenvalue weighted by Gasteiger charge is 2.07. The summed E-state index contributed by atoms with van der Waals surface area (Å²) in [6, 6.07) is 0. The molecule has 0 aromatic rings. The highest BCUT2D eigenvalue weighted by molar-refractivity contribution is 4.61. The minimum Gasteiger partial charge on any atom is -0.381 e. The summed E-state index contributed by atoms with van der Waals surface area (Å²) in [6.45, 7) is 5.64. The Bertz CT molecular complexity index is 129. The Hall–Kier alpha value is -0.0800. The van der Waals surface area contributed by atoms with Crippen molar-refractivity contribution in [2.75, 3.05) is 13.3 Å². The molecular formula is C15H33NO. The van der Waals surface area contributed by atoms with Gasteiger partial charge in [0.2, 0.25) is 0 Å². The van der Waals surface area contributed by atoms with Crippen LogP contribution in [0.5, 0.6) is 0 Å². The van der Waals surface area contributed by atoms with E-state index in [2.05, 4.69) is 19.2 Å². The van der Waals surface area contributed by atoms with Gasteiger partial charge in [0.05, 0.1) is 6.73 Å². The minimum absolute atomic E-state index is 0.121. The molecule has 0 aliphatic rings. The Morgan fingerprint density at radius 2 is 1.35 bits per heavy atom. The molecule has 0 spiro atoms. The van der Waals surface area contributed by atoms with Gasteiger partial charge < -0.3 is 5.11 Å². The highest BCUT2D eigenvalue weighted by Crippen LogP contribution is 2.22. The summed E-state index contributed by atoms with van der Waals surface area (Å²) in [4.78, 5) is 0. The van der Waals surface area contributed by atoms with Gasteiger partial charge in [-0.25, -0.2) is 0 Å². The van der Waals surface area contributed by atoms with E-state index < -0.39 is 0 Å². The molecular weight excluding hydrogens is 210 g/mol. The van der Waals surface area contributed by atoms with Crippen molar-refractivity contribution in [1.82, 2.24) is 5.32 Å². The van der Waals surface area contributed by atoms with Gasteiger partial charge in [-0.15, -0.1) is 0 Å². The van der Waals surface area contributed by atoms with Crippen LogP contribution in [0.25, 0.3) is 0 Å². The monoisotopic (exact) mass is 243 g/mol. The molecule has 0 bridgehead atoms. The van der Waals surface area contributed by atoms with Crippen molar-refractivity contribution in [2.45, 2.75) is 78.1 Å². The zero-order valence-corrected chi connectivity index (χ0v) is 12.0. The van der Waals surface area contributed by atoms with Crippen molar-refractivity contribution in [3.8, 4) is 0 Å². The average Bonchev–Trinajstić information content (AvgIpc) is 2.34. The molecule has 2 heteroatoms. The van der Waals surface area contributed by atoms with Gasteiger partial charge >= 0.3 is 0 Å². The fourth-order valence-corrected chi connectivity index (χ4v) is 2.39. The quantitative estimate of drug-likeness (QED) is 0.377. The second-order valence-corrected chi connectivity index (χ2v) is 5.16. The topological polar surface area (TPSA) is 32.3 Å². The van der Waals surface area contributed by atoms with Crippen LogP contribution in [0.15, 0.2) is 0 Å². The molecule has 0 heterocycles. The number of unbranched alkanes of at least 4 members (excludes halogenated alkanes) is 4. The lowest BCUT2D eigenvalue weighted by Gasteiger charge is -2.16. The predicted molar refractivity (Wildman–Crippen MR) is 76.1 cm³/mol. The Labute approximate surface area is 108 Å². The molecule has 0 saturated heterocycles. The predicted octanol–water partition coefficient (Wildman–Crippen LogP) is 4.08. The van der Waals surface area contributed by atoms with Crippen LogP contribution in [0.4, 0.5) is 0 Å². The van der Waals surface area contributed by atoms with Gasteiger partial charge in [0.15, 0.2) is 0 Å². The number of nitrogens with one attached hydrogen (secondary N) is 1. The number of aliphatic hydroxyl groups is 1. The van der Waals surface area contributed by atoms with E-state index in [4.69, 9.17) is 5.11 Å². The normalized spacial score (nSPS) is 11.3. The van der Waals surface area contributed by atoms with E-state index >= 15 is 0 Å². The summed E-state index contributed by atoms with van der Waals surface area (Å²) < 4.78 is 0. The van der Waals surface area contributed by atoms with Crippen molar-refractivity contribution >= 4 is 0 Å². The highest BCUT2D eigenvalue weighted by atomic mass is 16.3. The van der Waals surface area contributed by atoms with E-state index in [9.17, 15) is 0 Å². The first kappa shape index (κ1) is 16.9. The Balaban J connectivity index is 3.60. The molecule has 0 saturated carbocycles. The van der Waals surface area contributed by atoms with Crippen molar-refractivity contribution in [2.24, 2.45) is 5.92 Å². The van der Waals surface area contributed by atoms with Gasteiger partial charge in [-0.1, -0.05) is 65.2 Å².